The Bertz CT molecular complexity index is 493. The van der Waals surface area contributed by atoms with Crippen molar-refractivity contribution >= 4 is 28.9 Å². The molecule has 1 spiro atoms. The Hall–Kier alpha value is -0.680. The third-order valence-corrected chi connectivity index (χ3v) is 4.50. The Morgan fingerprint density at radius 3 is 2.35 bits per heavy atom. The van der Waals surface area contributed by atoms with E-state index in [1.807, 2.05) is 6.07 Å². The summed E-state index contributed by atoms with van der Waals surface area (Å²) in [5, 5.41) is 1.16. The van der Waals surface area contributed by atoms with Gasteiger partial charge in [0, 0.05) is 32.0 Å². The van der Waals surface area contributed by atoms with E-state index in [1.165, 1.54) is 0 Å². The van der Waals surface area contributed by atoms with Crippen LogP contribution in [0.1, 0.15) is 12.8 Å². The van der Waals surface area contributed by atoms with E-state index < -0.39 is 0 Å². The number of halogens is 2. The lowest BCUT2D eigenvalue weighted by Gasteiger charge is -2.39. The third-order valence-electron chi connectivity index (χ3n) is 3.90. The van der Waals surface area contributed by atoms with Crippen LogP contribution in [0.25, 0.3) is 0 Å². The van der Waals surface area contributed by atoms with E-state index in [0.717, 1.165) is 31.6 Å². The molecule has 0 saturated carbocycles. The second-order valence-electron chi connectivity index (χ2n) is 5.03. The van der Waals surface area contributed by atoms with E-state index in [4.69, 9.17) is 37.4 Å². The summed E-state index contributed by atoms with van der Waals surface area (Å²) in [5.41, 5.74) is 0.945. The molecule has 20 heavy (non-hydrogen) atoms. The molecule has 0 radical (unpaired) electrons. The highest BCUT2D eigenvalue weighted by atomic mass is 35.5. The second kappa shape index (κ2) is 5.60. The third kappa shape index (κ3) is 2.58. The first-order valence-corrected chi connectivity index (χ1v) is 7.45. The van der Waals surface area contributed by atoms with Crippen LogP contribution < -0.4 is 9.64 Å². The molecule has 2 saturated heterocycles. The predicted molar refractivity (Wildman–Crippen MR) is 79.1 cm³/mol. The van der Waals surface area contributed by atoms with Gasteiger partial charge in [-0.3, -0.25) is 0 Å². The van der Waals surface area contributed by atoms with E-state index in [0.29, 0.717) is 29.0 Å². The van der Waals surface area contributed by atoms with Crippen LogP contribution in [0.2, 0.25) is 10.0 Å². The quantitative estimate of drug-likeness (QED) is 0.837. The summed E-state index contributed by atoms with van der Waals surface area (Å²) in [6.45, 7) is 3.06. The minimum absolute atomic E-state index is 0.376. The van der Waals surface area contributed by atoms with Gasteiger partial charge in [0.25, 0.3) is 0 Å². The lowest BCUT2D eigenvalue weighted by Crippen LogP contribution is -2.45. The molecule has 1 aromatic rings. The molecule has 0 unspecified atom stereocenters. The standard InChI is InChI=1S/C14H17Cl2NO3/c1-18-13-9-12(10(15)8-11(13)16)17-4-2-14(3-5-17)19-6-7-20-14/h8-9H,2-7H2,1H3. The minimum Gasteiger partial charge on any atom is -0.495 e. The summed E-state index contributed by atoms with van der Waals surface area (Å²) >= 11 is 12.4. The van der Waals surface area contributed by atoms with E-state index in [1.54, 1.807) is 13.2 Å². The number of rotatable bonds is 2. The van der Waals surface area contributed by atoms with Gasteiger partial charge in [-0.1, -0.05) is 23.2 Å². The monoisotopic (exact) mass is 317 g/mol. The normalized spacial score (nSPS) is 21.4. The zero-order valence-electron chi connectivity index (χ0n) is 11.3. The van der Waals surface area contributed by atoms with E-state index in [2.05, 4.69) is 4.90 Å². The van der Waals surface area contributed by atoms with Gasteiger partial charge in [-0.2, -0.15) is 0 Å². The molecule has 6 heteroatoms. The van der Waals surface area contributed by atoms with Gasteiger partial charge >= 0.3 is 0 Å². The highest BCUT2D eigenvalue weighted by molar-refractivity contribution is 6.37. The first kappa shape index (κ1) is 14.3. The average molecular weight is 318 g/mol. The predicted octanol–water partition coefficient (Wildman–Crippen LogP) is 3.35. The summed E-state index contributed by atoms with van der Waals surface area (Å²) in [7, 11) is 1.60. The second-order valence-corrected chi connectivity index (χ2v) is 5.85. The van der Waals surface area contributed by atoms with Crippen LogP contribution in [0.3, 0.4) is 0 Å². The largest absolute Gasteiger partial charge is 0.495 e. The van der Waals surface area contributed by atoms with Gasteiger partial charge in [-0.05, 0) is 6.07 Å². The molecule has 0 aromatic heterocycles. The number of anilines is 1. The van der Waals surface area contributed by atoms with Crippen LogP contribution in [0.15, 0.2) is 12.1 Å². The molecule has 0 aliphatic carbocycles. The Labute approximate surface area is 128 Å². The maximum atomic E-state index is 6.30. The Balaban J connectivity index is 1.77. The van der Waals surface area contributed by atoms with Crippen LogP contribution >= 0.6 is 23.2 Å². The fourth-order valence-corrected chi connectivity index (χ4v) is 3.37. The number of nitrogens with zero attached hydrogens (tertiary/aromatic N) is 1. The molecule has 2 aliphatic rings. The van der Waals surface area contributed by atoms with Crippen LogP contribution in [0.5, 0.6) is 5.75 Å². The number of hydrogen-bond acceptors (Lipinski definition) is 4. The van der Waals surface area contributed by atoms with Crippen molar-refractivity contribution in [3.05, 3.63) is 22.2 Å². The van der Waals surface area contributed by atoms with Crippen molar-refractivity contribution in [3.63, 3.8) is 0 Å². The highest BCUT2D eigenvalue weighted by Gasteiger charge is 2.40. The summed E-state index contributed by atoms with van der Waals surface area (Å²) in [4.78, 5) is 2.22. The molecule has 110 valence electrons. The first-order valence-electron chi connectivity index (χ1n) is 6.69. The molecule has 4 nitrogen and oxygen atoms in total. The van der Waals surface area contributed by atoms with Gasteiger partial charge in [0.15, 0.2) is 5.79 Å². The molecule has 2 fully saturated rings. The maximum absolute atomic E-state index is 6.30. The maximum Gasteiger partial charge on any atom is 0.171 e. The topological polar surface area (TPSA) is 30.9 Å². The summed E-state index contributed by atoms with van der Waals surface area (Å²) in [6, 6.07) is 3.61. The van der Waals surface area contributed by atoms with Crippen molar-refractivity contribution in [2.45, 2.75) is 18.6 Å². The molecular weight excluding hydrogens is 301 g/mol. The summed E-state index contributed by atoms with van der Waals surface area (Å²) in [5.74, 6) is 0.263. The fourth-order valence-electron chi connectivity index (χ4n) is 2.79. The van der Waals surface area contributed by atoms with Crippen molar-refractivity contribution < 1.29 is 14.2 Å². The first-order chi connectivity index (χ1) is 9.63. The molecule has 1 aromatic carbocycles. The average Bonchev–Trinajstić information content (AvgIpc) is 2.89. The number of piperidine rings is 1. The van der Waals surface area contributed by atoms with E-state index in [-0.39, 0.29) is 5.79 Å². The Kier molecular flexibility index (Phi) is 4.00. The highest BCUT2D eigenvalue weighted by Crippen LogP contribution is 2.39. The Morgan fingerprint density at radius 2 is 1.75 bits per heavy atom. The number of benzene rings is 1. The van der Waals surface area contributed by atoms with Crippen LogP contribution in [0, 0.1) is 0 Å². The molecule has 0 bridgehead atoms. The van der Waals surface area contributed by atoms with Gasteiger partial charge in [-0.15, -0.1) is 0 Å². The molecule has 2 aliphatic heterocycles. The molecule has 3 rings (SSSR count). The van der Waals surface area contributed by atoms with Gasteiger partial charge in [0.05, 0.1) is 36.1 Å². The van der Waals surface area contributed by atoms with Crippen LogP contribution in [-0.2, 0) is 9.47 Å². The summed E-state index contributed by atoms with van der Waals surface area (Å²) in [6.07, 6.45) is 1.68. The summed E-state index contributed by atoms with van der Waals surface area (Å²) < 4.78 is 16.7. The van der Waals surface area contributed by atoms with Crippen molar-refractivity contribution in [1.29, 1.82) is 0 Å². The van der Waals surface area contributed by atoms with Crippen molar-refractivity contribution in [1.82, 2.24) is 0 Å². The van der Waals surface area contributed by atoms with Gasteiger partial charge in [0.1, 0.15) is 5.75 Å². The van der Waals surface area contributed by atoms with Crippen LogP contribution in [0.4, 0.5) is 5.69 Å². The molecular formula is C14H17Cl2NO3. The number of ether oxygens (including phenoxy) is 3. The van der Waals surface area contributed by atoms with Crippen molar-refractivity contribution in [3.8, 4) is 5.75 Å². The minimum atomic E-state index is -0.376. The lowest BCUT2D eigenvalue weighted by molar-refractivity contribution is -0.169. The smallest absolute Gasteiger partial charge is 0.171 e. The number of hydrogen-bond donors (Lipinski definition) is 0. The number of methoxy groups -OCH3 is 1. The van der Waals surface area contributed by atoms with Crippen LogP contribution in [-0.4, -0.2) is 39.2 Å². The molecule has 2 heterocycles. The van der Waals surface area contributed by atoms with Gasteiger partial charge < -0.3 is 19.1 Å². The lowest BCUT2D eigenvalue weighted by atomic mass is 10.0. The van der Waals surface area contributed by atoms with E-state index in [9.17, 15) is 0 Å². The fraction of sp³-hybridized carbons (Fsp3) is 0.571. The van der Waals surface area contributed by atoms with Crippen molar-refractivity contribution in [2.75, 3.05) is 38.3 Å². The molecule has 0 atom stereocenters. The van der Waals surface area contributed by atoms with E-state index >= 15 is 0 Å². The van der Waals surface area contributed by atoms with Gasteiger partial charge in [0.2, 0.25) is 0 Å². The molecule has 0 amide bonds. The van der Waals surface area contributed by atoms with Crippen molar-refractivity contribution in [2.24, 2.45) is 0 Å². The zero-order valence-corrected chi connectivity index (χ0v) is 12.8. The zero-order chi connectivity index (χ0) is 14.2. The van der Waals surface area contributed by atoms with Gasteiger partial charge in [-0.25, -0.2) is 0 Å². The molecule has 0 N–H and O–H groups in total. The Morgan fingerprint density at radius 1 is 1.10 bits per heavy atom. The SMILES string of the molecule is COc1cc(N2CCC3(CC2)OCCO3)c(Cl)cc1Cl.